The van der Waals surface area contributed by atoms with Gasteiger partial charge in [0.25, 0.3) is 0 Å². The maximum atomic E-state index is 14.7. The van der Waals surface area contributed by atoms with Crippen LogP contribution >= 0.6 is 22.9 Å². The molecule has 15 heteroatoms. The lowest BCUT2D eigenvalue weighted by Gasteiger charge is -2.35. The van der Waals surface area contributed by atoms with E-state index >= 15 is 0 Å². The fourth-order valence-corrected chi connectivity index (χ4v) is 10.0. The third kappa shape index (κ3) is 6.48. The van der Waals surface area contributed by atoms with Crippen molar-refractivity contribution in [1.29, 1.82) is 0 Å². The molecule has 55 heavy (non-hydrogen) atoms. The number of benzene rings is 1. The second-order valence-corrected chi connectivity index (χ2v) is 18.3. The predicted octanol–water partition coefficient (Wildman–Crippen LogP) is 6.04. The van der Waals surface area contributed by atoms with E-state index in [1.165, 1.54) is 29.4 Å². The molecule has 6 unspecified atom stereocenters. The number of carboxylic acids is 1. The van der Waals surface area contributed by atoms with E-state index in [2.05, 4.69) is 31.1 Å². The topological polar surface area (TPSA) is 169 Å². The lowest BCUT2D eigenvalue weighted by atomic mass is 9.85. The number of hydrogen-bond acceptors (Lipinski definition) is 10. The lowest BCUT2D eigenvalue weighted by Crippen LogP contribution is -2.59. The van der Waals surface area contributed by atoms with Gasteiger partial charge in [-0.2, -0.15) is 0 Å². The van der Waals surface area contributed by atoms with Crippen LogP contribution in [0.2, 0.25) is 5.02 Å². The summed E-state index contributed by atoms with van der Waals surface area (Å²) in [4.78, 5) is 65.5. The highest BCUT2D eigenvalue weighted by atomic mass is 35.5. The molecule has 1 aliphatic heterocycles. The Bertz CT molecular complexity index is 2100. The summed E-state index contributed by atoms with van der Waals surface area (Å²) in [6, 6.07) is 3.10. The van der Waals surface area contributed by atoms with Crippen LogP contribution in [0.25, 0.3) is 21.6 Å². The number of thiazole rings is 1. The number of carbonyl (C=O) groups excluding carboxylic acids is 3. The molecule has 1 saturated heterocycles. The van der Waals surface area contributed by atoms with Crippen LogP contribution in [0, 0.1) is 35.0 Å². The zero-order valence-electron chi connectivity index (χ0n) is 31.6. The van der Waals surface area contributed by atoms with Crippen LogP contribution in [0.3, 0.4) is 0 Å². The molecule has 2 bridgehead atoms. The maximum Gasteiger partial charge on any atom is 0.408 e. The summed E-state index contributed by atoms with van der Waals surface area (Å²) in [6.45, 7) is 13.3. The molecule has 1 aromatic carbocycles. The Morgan fingerprint density at radius 2 is 1.87 bits per heavy atom. The van der Waals surface area contributed by atoms with E-state index in [9.17, 15) is 24.3 Å². The number of pyridine rings is 1. The van der Waals surface area contributed by atoms with Crippen LogP contribution in [0.5, 0.6) is 11.5 Å². The van der Waals surface area contributed by atoms with Gasteiger partial charge >= 0.3 is 12.1 Å². The summed E-state index contributed by atoms with van der Waals surface area (Å²) < 4.78 is 18.0. The number of methoxy groups -OCH3 is 1. The summed E-state index contributed by atoms with van der Waals surface area (Å²) >= 11 is 8.26. The molecule has 3 heterocycles. The Kier molecular flexibility index (Phi) is 9.10. The van der Waals surface area contributed by atoms with Crippen molar-refractivity contribution >= 4 is 57.7 Å². The number of nitrogens with one attached hydrogen (secondary N) is 2. The molecule has 6 fully saturated rings. The minimum Gasteiger partial charge on any atom is -0.495 e. The summed E-state index contributed by atoms with van der Waals surface area (Å²) in [6.07, 6.45) is 1.06. The van der Waals surface area contributed by atoms with Crippen LogP contribution < -0.4 is 20.1 Å². The summed E-state index contributed by atoms with van der Waals surface area (Å²) in [5.74, 6) is 0.733. The van der Waals surface area contributed by atoms with Gasteiger partial charge < -0.3 is 34.9 Å². The number of hydrogen-bond donors (Lipinski definition) is 3. The Balaban J connectivity index is 1.11. The van der Waals surface area contributed by atoms with Crippen molar-refractivity contribution in [2.24, 2.45) is 35.0 Å². The number of fused-ring (bicyclic) bond motifs is 2. The monoisotopic (exact) mass is 791 g/mol. The van der Waals surface area contributed by atoms with Gasteiger partial charge in [-0.25, -0.2) is 19.6 Å². The third-order valence-corrected chi connectivity index (χ3v) is 13.4. The first-order valence-electron chi connectivity index (χ1n) is 18.8. The molecule has 3 amide bonds. The number of alkyl carbamates (subject to hydrolysis) is 1. The van der Waals surface area contributed by atoms with Gasteiger partial charge in [-0.1, -0.05) is 52.3 Å². The molecule has 0 radical (unpaired) electrons. The number of amides is 3. The molecular formula is C40H46ClN5O8S. The molecular weight excluding hydrogens is 746 g/mol. The van der Waals surface area contributed by atoms with E-state index in [0.29, 0.717) is 56.8 Å². The number of nitrogens with zero attached hydrogens (tertiary/aromatic N) is 3. The van der Waals surface area contributed by atoms with Gasteiger partial charge in [-0.3, -0.25) is 9.59 Å². The highest BCUT2D eigenvalue weighted by Gasteiger charge is 2.81. The quantitative estimate of drug-likeness (QED) is 0.184. The normalized spacial score (nSPS) is 30.4. The van der Waals surface area contributed by atoms with E-state index in [1.54, 1.807) is 18.2 Å². The predicted molar refractivity (Wildman–Crippen MR) is 205 cm³/mol. The van der Waals surface area contributed by atoms with Gasteiger partial charge in [0, 0.05) is 35.1 Å². The molecule has 5 aliphatic carbocycles. The SMILES string of the molecule is C=CC1C[C@]1(NC(=O)C1C[C@@H](Oc2cc(-c3nc(C(C)C)cs3)nc3c(Cl)c(OC)ccc23)CN1C(=O)[C@@H](NC(=O)OC1CC2C3C1[C@H]23)C(C)(C)C)C(=O)O. The minimum absolute atomic E-state index is 0.0291. The minimum atomic E-state index is -1.52. The van der Waals surface area contributed by atoms with E-state index < -0.39 is 58.9 Å². The van der Waals surface area contributed by atoms with Crippen molar-refractivity contribution in [3.63, 3.8) is 0 Å². The molecule has 6 aliphatic rings. The number of carboxylic acid groups (broad SMARTS) is 1. The molecule has 2 aromatic heterocycles. The average molecular weight is 792 g/mol. The first kappa shape index (κ1) is 37.5. The van der Waals surface area contributed by atoms with Crippen molar-refractivity contribution in [2.45, 2.75) is 89.6 Å². The van der Waals surface area contributed by atoms with Crippen molar-refractivity contribution in [1.82, 2.24) is 25.5 Å². The molecule has 292 valence electrons. The van der Waals surface area contributed by atoms with E-state index in [0.717, 1.165) is 12.1 Å². The standard InChI is InChI=1S/C40H46ClN5O8S/c1-8-18-14-40(18,37(49)50)45-34(47)24-11-19(15-46(24)36(48)33(39(4,5)6)44-38(51)54-27-12-21-28-29(21)30(27)28)53-26-13-22(35-43-23(16-55-35)17(2)3)42-32-20(26)9-10-25(52-7)31(32)41/h8-10,13,16-19,21,24,27-30,33H,1,11-12,14-15H2,2-7H3,(H,44,51)(H,45,47)(H,49,50)/t18?,19-,21?,24?,27?,28-,29?,30?,33-,40-/m1/s1. The Labute approximate surface area is 328 Å². The van der Waals surface area contributed by atoms with Gasteiger partial charge in [0.1, 0.15) is 57.1 Å². The van der Waals surface area contributed by atoms with Gasteiger partial charge in [-0.15, -0.1) is 17.9 Å². The number of likely N-dealkylation sites (tertiary alicyclic amines) is 1. The van der Waals surface area contributed by atoms with Crippen molar-refractivity contribution in [2.75, 3.05) is 13.7 Å². The molecule has 3 N–H and O–H groups in total. The molecule has 3 aromatic rings. The zero-order chi connectivity index (χ0) is 39.3. The van der Waals surface area contributed by atoms with E-state index in [4.69, 9.17) is 35.8 Å². The molecule has 0 spiro atoms. The van der Waals surface area contributed by atoms with Crippen molar-refractivity contribution in [3.8, 4) is 22.2 Å². The fourth-order valence-electron chi connectivity index (χ4n) is 8.82. The van der Waals surface area contributed by atoms with Gasteiger partial charge in [-0.05, 0) is 54.1 Å². The Morgan fingerprint density at radius 1 is 1.13 bits per heavy atom. The maximum absolute atomic E-state index is 14.7. The van der Waals surface area contributed by atoms with E-state index in [1.807, 2.05) is 26.2 Å². The van der Waals surface area contributed by atoms with Crippen LogP contribution in [0.15, 0.2) is 36.2 Å². The van der Waals surface area contributed by atoms with Gasteiger partial charge in [0.05, 0.1) is 24.9 Å². The Morgan fingerprint density at radius 3 is 2.45 bits per heavy atom. The van der Waals surface area contributed by atoms with Gasteiger partial charge in [0.2, 0.25) is 11.8 Å². The highest BCUT2D eigenvalue weighted by molar-refractivity contribution is 7.13. The average Bonchev–Trinajstić information content (AvgIpc) is 3.97. The molecule has 10 atom stereocenters. The number of rotatable bonds is 12. The lowest BCUT2D eigenvalue weighted by molar-refractivity contribution is -0.146. The highest BCUT2D eigenvalue weighted by Crippen LogP contribution is 2.82. The first-order chi connectivity index (χ1) is 26.1. The summed E-state index contributed by atoms with van der Waals surface area (Å²) in [7, 11) is 1.52. The smallest absolute Gasteiger partial charge is 0.408 e. The number of halogens is 1. The van der Waals surface area contributed by atoms with Crippen LogP contribution in [-0.4, -0.2) is 87.3 Å². The molecule has 13 nitrogen and oxygen atoms in total. The zero-order valence-corrected chi connectivity index (χ0v) is 33.2. The number of carbonyl (C=O) groups is 4. The number of aromatic nitrogens is 2. The van der Waals surface area contributed by atoms with Crippen molar-refractivity contribution in [3.05, 3.63) is 47.0 Å². The summed E-state index contributed by atoms with van der Waals surface area (Å²) in [5, 5.41) is 19.2. The number of aliphatic carboxylic acids is 1. The van der Waals surface area contributed by atoms with Crippen LogP contribution in [-0.2, 0) is 19.1 Å². The fraction of sp³-hybridized carbons (Fsp3) is 0.550. The first-order valence-corrected chi connectivity index (χ1v) is 20.1. The van der Waals surface area contributed by atoms with Crippen molar-refractivity contribution < 1.29 is 38.5 Å². The summed E-state index contributed by atoms with van der Waals surface area (Å²) in [5.41, 5.74) is -0.421. The molecule has 9 rings (SSSR count). The van der Waals surface area contributed by atoms with E-state index in [-0.39, 0.29) is 36.4 Å². The second kappa shape index (κ2) is 13.4. The third-order valence-electron chi connectivity index (χ3n) is 12.2. The number of ether oxygens (including phenoxy) is 3. The second-order valence-electron chi connectivity index (χ2n) is 17.0. The Hall–Kier alpha value is -4.43. The largest absolute Gasteiger partial charge is 0.495 e. The molecule has 5 saturated carbocycles. The van der Waals surface area contributed by atoms with Gasteiger partial charge in [0.15, 0.2) is 0 Å². The van der Waals surface area contributed by atoms with Crippen LogP contribution in [0.4, 0.5) is 4.79 Å². The van der Waals surface area contributed by atoms with Crippen LogP contribution in [0.1, 0.15) is 65.5 Å².